The zero-order chi connectivity index (χ0) is 15.2. The lowest BCUT2D eigenvalue weighted by Crippen LogP contribution is -2.40. The summed E-state index contributed by atoms with van der Waals surface area (Å²) in [6.45, 7) is 1.81. The van der Waals surface area contributed by atoms with Gasteiger partial charge in [-0.2, -0.15) is 5.10 Å². The van der Waals surface area contributed by atoms with Crippen molar-refractivity contribution in [3.05, 3.63) is 28.5 Å². The number of amides is 1. The molecule has 0 aromatic carbocycles. The van der Waals surface area contributed by atoms with Gasteiger partial charge < -0.3 is 16.2 Å². The summed E-state index contributed by atoms with van der Waals surface area (Å²) in [5.41, 5.74) is 6.36. The molecule has 0 radical (unpaired) electrons. The summed E-state index contributed by atoms with van der Waals surface area (Å²) in [6.07, 6.45) is 5.79. The Morgan fingerprint density at radius 1 is 1.67 bits per heavy atom. The van der Waals surface area contributed by atoms with E-state index in [2.05, 4.69) is 26.3 Å². The Kier molecular flexibility index (Phi) is 3.41. The summed E-state index contributed by atoms with van der Waals surface area (Å²) < 4.78 is 2.53. The van der Waals surface area contributed by atoms with Gasteiger partial charge in [0.1, 0.15) is 0 Å². The predicted octanol–water partition coefficient (Wildman–Crippen LogP) is 1.91. The van der Waals surface area contributed by atoms with Gasteiger partial charge in [0.15, 0.2) is 0 Å². The van der Waals surface area contributed by atoms with Gasteiger partial charge in [0, 0.05) is 10.7 Å². The van der Waals surface area contributed by atoms with Crippen LogP contribution >= 0.6 is 15.9 Å². The molecule has 0 aliphatic heterocycles. The van der Waals surface area contributed by atoms with Crippen molar-refractivity contribution >= 4 is 33.0 Å². The number of hydrogen-bond donors (Lipinski definition) is 3. The fourth-order valence-electron chi connectivity index (χ4n) is 2.91. The summed E-state index contributed by atoms with van der Waals surface area (Å²) in [6, 6.07) is 1.75. The smallest absolute Gasteiger partial charge is 0.252 e. The molecule has 2 atom stereocenters. The SMILES string of the molecule is C[C@@]1(O)CCC[C@H]1Nc1c(C(N)=O)cnn2cc(Br)cc12. The molecule has 1 aliphatic carbocycles. The van der Waals surface area contributed by atoms with Crippen molar-refractivity contribution < 1.29 is 9.90 Å². The van der Waals surface area contributed by atoms with E-state index in [1.54, 1.807) is 10.7 Å². The van der Waals surface area contributed by atoms with Crippen molar-refractivity contribution in [1.29, 1.82) is 0 Å². The first kappa shape index (κ1) is 14.3. The van der Waals surface area contributed by atoms with Crippen LogP contribution in [0.25, 0.3) is 5.52 Å². The van der Waals surface area contributed by atoms with E-state index in [1.807, 2.05) is 13.0 Å². The number of carbonyl (C=O) groups excluding carboxylic acids is 1. The summed E-state index contributed by atoms with van der Waals surface area (Å²) in [5, 5.41) is 17.9. The van der Waals surface area contributed by atoms with Crippen molar-refractivity contribution in [3.63, 3.8) is 0 Å². The lowest BCUT2D eigenvalue weighted by atomic mass is 10.00. The van der Waals surface area contributed by atoms with Crippen LogP contribution in [-0.2, 0) is 0 Å². The highest BCUT2D eigenvalue weighted by molar-refractivity contribution is 9.10. The van der Waals surface area contributed by atoms with Crippen LogP contribution in [0.5, 0.6) is 0 Å². The number of nitrogens with zero attached hydrogens (tertiary/aromatic N) is 2. The predicted molar refractivity (Wildman–Crippen MR) is 83.3 cm³/mol. The third kappa shape index (κ3) is 2.51. The van der Waals surface area contributed by atoms with Crippen molar-refractivity contribution in [2.75, 3.05) is 5.32 Å². The first-order valence-electron chi connectivity index (χ1n) is 6.84. The maximum Gasteiger partial charge on any atom is 0.252 e. The van der Waals surface area contributed by atoms with Crippen LogP contribution in [-0.4, -0.2) is 32.3 Å². The van der Waals surface area contributed by atoms with E-state index < -0.39 is 11.5 Å². The van der Waals surface area contributed by atoms with E-state index >= 15 is 0 Å². The summed E-state index contributed by atoms with van der Waals surface area (Å²) in [4.78, 5) is 11.7. The summed E-state index contributed by atoms with van der Waals surface area (Å²) in [5.74, 6) is -0.539. The quantitative estimate of drug-likeness (QED) is 0.786. The van der Waals surface area contributed by atoms with Crippen LogP contribution < -0.4 is 11.1 Å². The average molecular weight is 353 g/mol. The van der Waals surface area contributed by atoms with E-state index in [0.29, 0.717) is 11.3 Å². The third-order valence-electron chi connectivity index (χ3n) is 4.11. The van der Waals surface area contributed by atoms with Crippen LogP contribution in [0.4, 0.5) is 5.69 Å². The maximum absolute atomic E-state index is 11.7. The number of anilines is 1. The zero-order valence-electron chi connectivity index (χ0n) is 11.6. The number of nitrogens with one attached hydrogen (secondary N) is 1. The Balaban J connectivity index is 2.10. The van der Waals surface area contributed by atoms with Crippen molar-refractivity contribution in [2.45, 2.75) is 37.8 Å². The van der Waals surface area contributed by atoms with E-state index in [-0.39, 0.29) is 6.04 Å². The van der Waals surface area contributed by atoms with Crippen molar-refractivity contribution in [2.24, 2.45) is 5.73 Å². The second-order valence-electron chi connectivity index (χ2n) is 5.73. The van der Waals surface area contributed by atoms with E-state index in [1.165, 1.54) is 6.20 Å². The zero-order valence-corrected chi connectivity index (χ0v) is 13.2. The molecule has 2 aromatic rings. The molecule has 4 N–H and O–H groups in total. The number of nitrogens with two attached hydrogens (primary N) is 1. The highest BCUT2D eigenvalue weighted by Crippen LogP contribution is 2.34. The number of primary amides is 1. The molecule has 0 saturated heterocycles. The van der Waals surface area contributed by atoms with Crippen molar-refractivity contribution in [1.82, 2.24) is 9.61 Å². The van der Waals surface area contributed by atoms with Crippen LogP contribution in [0.2, 0.25) is 0 Å². The number of rotatable bonds is 3. The molecule has 7 heteroatoms. The van der Waals surface area contributed by atoms with Gasteiger partial charge in [-0.1, -0.05) is 0 Å². The minimum absolute atomic E-state index is 0.115. The Morgan fingerprint density at radius 2 is 2.43 bits per heavy atom. The van der Waals surface area contributed by atoms with E-state index in [4.69, 9.17) is 5.73 Å². The lowest BCUT2D eigenvalue weighted by Gasteiger charge is -2.28. The second kappa shape index (κ2) is 4.99. The van der Waals surface area contributed by atoms with Gasteiger partial charge in [0.05, 0.1) is 34.6 Å². The number of fused-ring (bicyclic) bond motifs is 1. The van der Waals surface area contributed by atoms with Crippen LogP contribution in [0, 0.1) is 0 Å². The number of carbonyl (C=O) groups is 1. The highest BCUT2D eigenvalue weighted by Gasteiger charge is 2.37. The monoisotopic (exact) mass is 352 g/mol. The fraction of sp³-hybridized carbons (Fsp3) is 0.429. The number of aliphatic hydroxyl groups is 1. The Hall–Kier alpha value is -1.60. The van der Waals surface area contributed by atoms with E-state index in [0.717, 1.165) is 29.3 Å². The lowest BCUT2D eigenvalue weighted by molar-refractivity contribution is 0.0578. The first-order valence-corrected chi connectivity index (χ1v) is 7.63. The Labute approximate surface area is 130 Å². The second-order valence-corrected chi connectivity index (χ2v) is 6.65. The van der Waals surface area contributed by atoms with Gasteiger partial charge in [0.25, 0.3) is 5.91 Å². The molecule has 112 valence electrons. The summed E-state index contributed by atoms with van der Waals surface area (Å²) >= 11 is 3.40. The third-order valence-corrected chi connectivity index (χ3v) is 4.55. The van der Waals surface area contributed by atoms with Gasteiger partial charge in [-0.15, -0.1) is 0 Å². The Bertz CT molecular complexity index is 710. The molecular formula is C14H17BrN4O2. The molecule has 0 bridgehead atoms. The highest BCUT2D eigenvalue weighted by atomic mass is 79.9. The number of hydrogen-bond acceptors (Lipinski definition) is 4. The molecule has 2 heterocycles. The molecule has 1 aliphatic rings. The van der Waals surface area contributed by atoms with Gasteiger partial charge in [0.2, 0.25) is 0 Å². The fourth-order valence-corrected chi connectivity index (χ4v) is 3.33. The van der Waals surface area contributed by atoms with E-state index in [9.17, 15) is 9.90 Å². The summed E-state index contributed by atoms with van der Waals surface area (Å²) in [7, 11) is 0. The standard InChI is InChI=1S/C14H17BrN4O2/c1-14(21)4-2-3-11(14)18-12-9(13(16)20)6-17-19-7-8(15)5-10(12)19/h5-7,11,18,21H,2-4H2,1H3,(H2,16,20)/t11-,14-/m1/s1. The normalized spacial score (nSPS) is 25.4. The molecule has 0 unspecified atom stereocenters. The molecule has 1 amide bonds. The largest absolute Gasteiger partial charge is 0.388 e. The van der Waals surface area contributed by atoms with Gasteiger partial charge in [-0.3, -0.25) is 4.79 Å². The number of halogens is 1. The van der Waals surface area contributed by atoms with Gasteiger partial charge in [-0.25, -0.2) is 4.52 Å². The van der Waals surface area contributed by atoms with Crippen molar-refractivity contribution in [3.8, 4) is 0 Å². The first-order chi connectivity index (χ1) is 9.88. The molecule has 21 heavy (non-hydrogen) atoms. The van der Waals surface area contributed by atoms with Crippen LogP contribution in [0.15, 0.2) is 22.9 Å². The topological polar surface area (TPSA) is 92.6 Å². The molecule has 3 rings (SSSR count). The molecular weight excluding hydrogens is 336 g/mol. The van der Waals surface area contributed by atoms with Crippen LogP contribution in [0.3, 0.4) is 0 Å². The molecule has 0 spiro atoms. The molecule has 6 nitrogen and oxygen atoms in total. The maximum atomic E-state index is 11.7. The minimum atomic E-state index is -0.793. The van der Waals surface area contributed by atoms with Gasteiger partial charge >= 0.3 is 0 Å². The van der Waals surface area contributed by atoms with Gasteiger partial charge in [-0.05, 0) is 48.2 Å². The molecule has 1 saturated carbocycles. The average Bonchev–Trinajstić information content (AvgIpc) is 2.92. The minimum Gasteiger partial charge on any atom is -0.388 e. The molecule has 1 fully saturated rings. The molecule has 2 aromatic heterocycles. The number of aromatic nitrogens is 2. The Morgan fingerprint density at radius 3 is 3.05 bits per heavy atom. The van der Waals surface area contributed by atoms with Crippen LogP contribution in [0.1, 0.15) is 36.5 Å².